The van der Waals surface area contributed by atoms with Gasteiger partial charge in [0.2, 0.25) is 11.8 Å². The standard InChI is InChI=1S/C19H17N5O3S/c1-10-5-3-4-6-13(10)17-23-24-19(27-17)28-11(2)16(25)20-12-7-8-14-15(9-12)22-18(26)21-14/h3-9,11H,1-2H3,(H,20,25)(H2,21,22,26). The van der Waals surface area contributed by atoms with Gasteiger partial charge in [0.15, 0.2) is 0 Å². The van der Waals surface area contributed by atoms with Crippen LogP contribution in [0.25, 0.3) is 22.5 Å². The van der Waals surface area contributed by atoms with E-state index >= 15 is 0 Å². The molecule has 0 spiro atoms. The predicted octanol–water partition coefficient (Wildman–Crippen LogP) is 3.33. The molecule has 0 aliphatic heterocycles. The van der Waals surface area contributed by atoms with Gasteiger partial charge in [-0.2, -0.15) is 0 Å². The van der Waals surface area contributed by atoms with Gasteiger partial charge in [0.05, 0.1) is 16.3 Å². The molecule has 2 aromatic heterocycles. The number of nitrogens with one attached hydrogen (secondary N) is 3. The van der Waals surface area contributed by atoms with Crippen LogP contribution in [0.1, 0.15) is 12.5 Å². The number of anilines is 1. The largest absolute Gasteiger partial charge is 0.411 e. The highest BCUT2D eigenvalue weighted by Crippen LogP contribution is 2.28. The average Bonchev–Trinajstić information content (AvgIpc) is 3.27. The number of thioether (sulfide) groups is 1. The highest BCUT2D eigenvalue weighted by Gasteiger charge is 2.19. The van der Waals surface area contributed by atoms with Gasteiger partial charge in [-0.3, -0.25) is 4.79 Å². The molecule has 1 amide bonds. The van der Waals surface area contributed by atoms with Crippen molar-refractivity contribution >= 4 is 34.4 Å². The fraction of sp³-hybridized carbons (Fsp3) is 0.158. The summed E-state index contributed by atoms with van der Waals surface area (Å²) in [6, 6.07) is 12.9. The lowest BCUT2D eigenvalue weighted by molar-refractivity contribution is -0.115. The molecule has 8 nitrogen and oxygen atoms in total. The van der Waals surface area contributed by atoms with Gasteiger partial charge in [-0.1, -0.05) is 30.0 Å². The van der Waals surface area contributed by atoms with Gasteiger partial charge in [0.25, 0.3) is 5.22 Å². The van der Waals surface area contributed by atoms with E-state index in [2.05, 4.69) is 25.5 Å². The van der Waals surface area contributed by atoms with Gasteiger partial charge in [-0.15, -0.1) is 10.2 Å². The van der Waals surface area contributed by atoms with Crippen LogP contribution in [0.2, 0.25) is 0 Å². The molecule has 0 aliphatic rings. The van der Waals surface area contributed by atoms with E-state index in [1.165, 1.54) is 11.8 Å². The SMILES string of the molecule is Cc1ccccc1-c1nnc(SC(C)C(=O)Nc2ccc3[nH]c(=O)[nH]c3c2)o1. The molecular formula is C19H17N5O3S. The number of fused-ring (bicyclic) bond motifs is 1. The molecule has 1 unspecified atom stereocenters. The molecule has 0 bridgehead atoms. The van der Waals surface area contributed by atoms with Crippen LogP contribution in [0.5, 0.6) is 0 Å². The van der Waals surface area contributed by atoms with Crippen molar-refractivity contribution in [3.05, 3.63) is 58.5 Å². The van der Waals surface area contributed by atoms with Gasteiger partial charge >= 0.3 is 5.69 Å². The number of benzene rings is 2. The maximum absolute atomic E-state index is 12.5. The lowest BCUT2D eigenvalue weighted by atomic mass is 10.1. The Hall–Kier alpha value is -3.33. The van der Waals surface area contributed by atoms with Crippen molar-refractivity contribution in [2.75, 3.05) is 5.32 Å². The number of nitrogens with zero attached hydrogens (tertiary/aromatic N) is 2. The van der Waals surface area contributed by atoms with Crippen LogP contribution in [0, 0.1) is 6.92 Å². The normalized spacial score (nSPS) is 12.2. The number of aromatic nitrogens is 4. The second-order valence-electron chi connectivity index (χ2n) is 6.28. The molecule has 0 aliphatic carbocycles. The van der Waals surface area contributed by atoms with Gasteiger partial charge in [-0.05, 0) is 43.7 Å². The first-order valence-corrected chi connectivity index (χ1v) is 9.46. The summed E-state index contributed by atoms with van der Waals surface area (Å²) in [5.41, 5.74) is 3.51. The molecule has 1 atom stereocenters. The van der Waals surface area contributed by atoms with Crippen molar-refractivity contribution < 1.29 is 9.21 Å². The molecule has 142 valence electrons. The number of rotatable bonds is 5. The predicted molar refractivity (Wildman–Crippen MR) is 107 cm³/mol. The number of carbonyl (C=O) groups excluding carboxylic acids is 1. The minimum absolute atomic E-state index is 0.210. The lowest BCUT2D eigenvalue weighted by Gasteiger charge is -2.09. The number of H-pyrrole nitrogens is 2. The molecule has 2 aromatic carbocycles. The molecule has 3 N–H and O–H groups in total. The fourth-order valence-electron chi connectivity index (χ4n) is 2.74. The van der Waals surface area contributed by atoms with Crippen molar-refractivity contribution in [1.82, 2.24) is 20.2 Å². The van der Waals surface area contributed by atoms with Crippen molar-refractivity contribution in [3.63, 3.8) is 0 Å². The summed E-state index contributed by atoms with van der Waals surface area (Å²) < 4.78 is 5.70. The van der Waals surface area contributed by atoms with Crippen molar-refractivity contribution in [1.29, 1.82) is 0 Å². The Morgan fingerprint density at radius 2 is 1.93 bits per heavy atom. The summed E-state index contributed by atoms with van der Waals surface area (Å²) in [4.78, 5) is 29.1. The summed E-state index contributed by atoms with van der Waals surface area (Å²) in [6.07, 6.45) is 0. The zero-order valence-corrected chi connectivity index (χ0v) is 16.0. The van der Waals surface area contributed by atoms with E-state index in [-0.39, 0.29) is 11.6 Å². The van der Waals surface area contributed by atoms with Gasteiger partial charge in [0.1, 0.15) is 0 Å². The molecule has 0 radical (unpaired) electrons. The third-order valence-electron chi connectivity index (χ3n) is 4.21. The van der Waals surface area contributed by atoms with Crippen molar-refractivity contribution in [2.24, 2.45) is 0 Å². The van der Waals surface area contributed by atoms with Crippen LogP contribution in [0.3, 0.4) is 0 Å². The highest BCUT2D eigenvalue weighted by molar-refractivity contribution is 8.00. The first kappa shape index (κ1) is 18.1. The maximum atomic E-state index is 12.5. The number of carbonyl (C=O) groups is 1. The van der Waals surface area contributed by atoms with Crippen LogP contribution in [-0.4, -0.2) is 31.3 Å². The number of amides is 1. The zero-order chi connectivity index (χ0) is 19.7. The van der Waals surface area contributed by atoms with Crippen molar-refractivity contribution in [2.45, 2.75) is 24.3 Å². The van der Waals surface area contributed by atoms with E-state index in [0.29, 0.717) is 27.8 Å². The molecule has 0 saturated heterocycles. The van der Waals surface area contributed by atoms with E-state index in [9.17, 15) is 9.59 Å². The maximum Gasteiger partial charge on any atom is 0.323 e. The Bertz CT molecular complexity index is 1210. The first-order chi connectivity index (χ1) is 13.5. The molecule has 28 heavy (non-hydrogen) atoms. The molecular weight excluding hydrogens is 378 g/mol. The third-order valence-corrected chi connectivity index (χ3v) is 5.15. The summed E-state index contributed by atoms with van der Waals surface area (Å²) in [5, 5.41) is 10.8. The van der Waals surface area contributed by atoms with Gasteiger partial charge in [0, 0.05) is 11.3 Å². The van der Waals surface area contributed by atoms with E-state index in [1.54, 1.807) is 25.1 Å². The quantitative estimate of drug-likeness (QED) is 0.446. The number of hydrogen-bond acceptors (Lipinski definition) is 6. The number of hydrogen-bond donors (Lipinski definition) is 3. The number of imidazole rings is 1. The molecule has 0 fully saturated rings. The molecule has 9 heteroatoms. The Morgan fingerprint density at radius 1 is 1.14 bits per heavy atom. The molecule has 2 heterocycles. The smallest absolute Gasteiger partial charge is 0.323 e. The monoisotopic (exact) mass is 395 g/mol. The molecule has 0 saturated carbocycles. The molecule has 4 rings (SSSR count). The highest BCUT2D eigenvalue weighted by atomic mass is 32.2. The summed E-state index contributed by atoms with van der Waals surface area (Å²) in [6.45, 7) is 3.73. The minimum atomic E-state index is -0.453. The lowest BCUT2D eigenvalue weighted by Crippen LogP contribution is -2.22. The summed E-state index contributed by atoms with van der Waals surface area (Å²) in [7, 11) is 0. The zero-order valence-electron chi connectivity index (χ0n) is 15.1. The minimum Gasteiger partial charge on any atom is -0.411 e. The van der Waals surface area contributed by atoms with Gasteiger partial charge < -0.3 is 19.7 Å². The number of aromatic amines is 2. The average molecular weight is 395 g/mol. The number of aryl methyl sites for hydroxylation is 1. The van der Waals surface area contributed by atoms with Crippen LogP contribution in [0.4, 0.5) is 5.69 Å². The first-order valence-electron chi connectivity index (χ1n) is 8.58. The van der Waals surface area contributed by atoms with Crippen molar-refractivity contribution in [3.8, 4) is 11.5 Å². The second kappa shape index (κ2) is 7.35. The van der Waals surface area contributed by atoms with Crippen LogP contribution >= 0.6 is 11.8 Å². The third kappa shape index (κ3) is 3.70. The Morgan fingerprint density at radius 3 is 2.75 bits per heavy atom. The Balaban J connectivity index is 1.44. The second-order valence-corrected chi connectivity index (χ2v) is 7.57. The van der Waals surface area contributed by atoms with E-state index in [1.807, 2.05) is 31.2 Å². The summed E-state index contributed by atoms with van der Waals surface area (Å²) >= 11 is 1.18. The molecule has 4 aromatic rings. The van der Waals surface area contributed by atoms with Gasteiger partial charge in [-0.25, -0.2) is 4.79 Å². The summed E-state index contributed by atoms with van der Waals surface area (Å²) in [5.74, 6) is 0.216. The Labute approximate surface area is 163 Å². The fourth-order valence-corrected chi connectivity index (χ4v) is 3.42. The topological polar surface area (TPSA) is 117 Å². The van der Waals surface area contributed by atoms with E-state index < -0.39 is 5.25 Å². The van der Waals surface area contributed by atoms with Crippen LogP contribution in [-0.2, 0) is 4.79 Å². The Kier molecular flexibility index (Phi) is 4.74. The van der Waals surface area contributed by atoms with Crippen LogP contribution < -0.4 is 11.0 Å². The van der Waals surface area contributed by atoms with E-state index in [4.69, 9.17) is 4.42 Å². The van der Waals surface area contributed by atoms with Crippen LogP contribution in [0.15, 0.2) is 56.9 Å². The van der Waals surface area contributed by atoms with E-state index in [0.717, 1.165) is 11.1 Å².